The zero-order chi connectivity index (χ0) is 24.1. The van der Waals surface area contributed by atoms with Gasteiger partial charge in [-0.15, -0.1) is 0 Å². The van der Waals surface area contributed by atoms with E-state index in [9.17, 15) is 19.9 Å². The molecule has 8 atom stereocenters. The van der Waals surface area contributed by atoms with E-state index in [1.807, 2.05) is 33.8 Å². The molecule has 0 aromatic heterocycles. The topological polar surface area (TPSA) is 105 Å². The van der Waals surface area contributed by atoms with E-state index in [-0.39, 0.29) is 47.7 Å². The molecule has 6 aliphatic heterocycles. The zero-order valence-corrected chi connectivity index (χ0v) is 20.5. The van der Waals surface area contributed by atoms with Gasteiger partial charge in [-0.25, -0.2) is 4.74 Å². The maximum atomic E-state index is 14.1. The Morgan fingerprint density at radius 1 is 1.24 bits per heavy atom. The minimum absolute atomic E-state index is 0.0568. The fourth-order valence-corrected chi connectivity index (χ4v) is 9.54. The van der Waals surface area contributed by atoms with Crippen molar-refractivity contribution in [2.75, 3.05) is 6.54 Å². The third-order valence-corrected chi connectivity index (χ3v) is 10.7. The van der Waals surface area contributed by atoms with Gasteiger partial charge in [0.05, 0.1) is 29.0 Å². The fraction of sp³-hybridized carbons (Fsp3) is 0.808. The second-order valence-electron chi connectivity index (χ2n) is 13.1. The first kappa shape index (κ1) is 21.4. The molecule has 2 amide bonds. The van der Waals surface area contributed by atoms with Crippen molar-refractivity contribution in [1.82, 2.24) is 10.2 Å². The van der Waals surface area contributed by atoms with Crippen molar-refractivity contribution in [3.63, 3.8) is 0 Å². The van der Waals surface area contributed by atoms with Crippen LogP contribution in [0, 0.1) is 28.4 Å². The molecular weight excluding hydrogens is 434 g/mol. The maximum absolute atomic E-state index is 14.1. The van der Waals surface area contributed by atoms with Crippen molar-refractivity contribution in [2.24, 2.45) is 23.2 Å². The van der Waals surface area contributed by atoms with E-state index in [4.69, 9.17) is 4.74 Å². The van der Waals surface area contributed by atoms with E-state index in [1.54, 1.807) is 4.90 Å². The summed E-state index contributed by atoms with van der Waals surface area (Å²) in [5, 5.41) is 29.7. The van der Waals surface area contributed by atoms with Gasteiger partial charge in [-0.05, 0) is 59.8 Å². The number of carbonyl (C=O) groups excluding carboxylic acids is 2. The van der Waals surface area contributed by atoms with E-state index >= 15 is 0 Å². The van der Waals surface area contributed by atoms with Gasteiger partial charge in [-0.2, -0.15) is 0 Å². The predicted molar refractivity (Wildman–Crippen MR) is 123 cm³/mol. The summed E-state index contributed by atoms with van der Waals surface area (Å²) in [7, 11) is 0. The molecule has 6 unspecified atom stereocenters. The van der Waals surface area contributed by atoms with Gasteiger partial charge < -0.3 is 25.3 Å². The van der Waals surface area contributed by atoms with Gasteiger partial charge in [-0.3, -0.25) is 9.59 Å². The number of amides is 2. The first-order valence-electron chi connectivity index (χ1n) is 13.0. The number of hydroxylamine groups is 1. The van der Waals surface area contributed by atoms with Crippen LogP contribution in [-0.2, 0) is 14.3 Å². The predicted octanol–water partition coefficient (Wildman–Crippen LogP) is 1.49. The van der Waals surface area contributed by atoms with Crippen molar-refractivity contribution < 1.29 is 24.2 Å². The van der Waals surface area contributed by atoms with Crippen LogP contribution in [0.3, 0.4) is 0 Å². The van der Waals surface area contributed by atoms with Crippen LogP contribution in [-0.4, -0.2) is 73.2 Å². The number of hydrogen-bond acceptors (Lipinski definition) is 5. The molecule has 8 rings (SSSR count). The standard InChI is InChI=1S/C26H35N3O5/c1-22(2)10-8-14-16(34-22)7-6-15-18(14)29(33)19-23(3,4)17-12-24-9-5-11-28(24)21(31)25(17,27-20(24)30)13-26(15,19)32/h8,10,14-18,32H,5-7,9,11-13H2,1-4H3,(H,27,30)/t14?,15?,16?,17-,18?,24?,25?,26+/m1/s1. The Bertz CT molecular complexity index is 1100. The van der Waals surface area contributed by atoms with Gasteiger partial charge in [0.25, 0.3) is 0 Å². The quantitative estimate of drug-likeness (QED) is 0.318. The normalized spacial score (nSPS) is 51.4. The number of ether oxygens (including phenoxy) is 1. The van der Waals surface area contributed by atoms with Crippen molar-refractivity contribution in [3.05, 3.63) is 17.4 Å². The minimum Gasteiger partial charge on any atom is -0.624 e. The molecule has 2 spiro atoms. The highest BCUT2D eigenvalue weighted by Crippen LogP contribution is 2.64. The summed E-state index contributed by atoms with van der Waals surface area (Å²) in [6.45, 7) is 8.66. The smallest absolute Gasteiger partial charge is 0.249 e. The lowest BCUT2D eigenvalue weighted by Gasteiger charge is -2.65. The maximum Gasteiger partial charge on any atom is 0.249 e. The van der Waals surface area contributed by atoms with Crippen LogP contribution in [0.2, 0.25) is 0 Å². The van der Waals surface area contributed by atoms with Gasteiger partial charge in [-0.1, -0.05) is 12.2 Å². The molecule has 2 aliphatic carbocycles. The highest BCUT2D eigenvalue weighted by molar-refractivity contribution is 6.08. The van der Waals surface area contributed by atoms with Gasteiger partial charge in [0.1, 0.15) is 11.1 Å². The summed E-state index contributed by atoms with van der Waals surface area (Å²) in [5.74, 6) is -0.767. The van der Waals surface area contributed by atoms with Gasteiger partial charge in [0.15, 0.2) is 11.6 Å². The second-order valence-corrected chi connectivity index (χ2v) is 13.1. The Morgan fingerprint density at radius 2 is 2.00 bits per heavy atom. The Hall–Kier alpha value is -1.93. The van der Waals surface area contributed by atoms with Crippen LogP contribution in [0.5, 0.6) is 0 Å². The molecule has 6 fully saturated rings. The Labute approximate surface area is 200 Å². The average Bonchev–Trinajstić information content (AvgIpc) is 3.27. The van der Waals surface area contributed by atoms with E-state index in [1.165, 1.54) is 0 Å². The summed E-state index contributed by atoms with van der Waals surface area (Å²) >= 11 is 0. The molecule has 0 aromatic carbocycles. The largest absolute Gasteiger partial charge is 0.624 e. The highest BCUT2D eigenvalue weighted by atomic mass is 16.5. The Morgan fingerprint density at radius 3 is 2.76 bits per heavy atom. The number of carbonyl (C=O) groups is 2. The van der Waals surface area contributed by atoms with E-state index in [0.717, 1.165) is 17.6 Å². The summed E-state index contributed by atoms with van der Waals surface area (Å²) < 4.78 is 7.44. The number of aliphatic hydroxyl groups is 1. The second kappa shape index (κ2) is 5.89. The van der Waals surface area contributed by atoms with Gasteiger partial charge in [0, 0.05) is 18.9 Å². The zero-order valence-electron chi connectivity index (χ0n) is 20.5. The molecule has 6 heterocycles. The van der Waals surface area contributed by atoms with Crippen molar-refractivity contribution >= 4 is 17.5 Å². The SMILES string of the molecule is CC1(C)C=CC2C(CCC3C2[N+]([O-])=C2C(C)(C)[C@H]4CC56CCCN5C(=O)C4(C[C@@]23O)NC6=O)O1. The minimum atomic E-state index is -1.43. The first-order chi connectivity index (χ1) is 15.9. The number of rotatable bonds is 0. The number of piperidine rings is 2. The molecule has 2 N–H and O–H groups in total. The summed E-state index contributed by atoms with van der Waals surface area (Å²) in [6, 6.07) is -0.428. The molecule has 4 saturated heterocycles. The molecule has 34 heavy (non-hydrogen) atoms. The van der Waals surface area contributed by atoms with Crippen LogP contribution < -0.4 is 5.32 Å². The summed E-state index contributed by atoms with van der Waals surface area (Å²) in [5.41, 5.74) is -3.97. The number of nitrogens with one attached hydrogen (secondary N) is 1. The average molecular weight is 470 g/mol. The van der Waals surface area contributed by atoms with Gasteiger partial charge >= 0.3 is 0 Å². The number of nitrogens with zero attached hydrogens (tertiary/aromatic N) is 2. The van der Waals surface area contributed by atoms with Crippen LogP contribution in [0.4, 0.5) is 0 Å². The van der Waals surface area contributed by atoms with Crippen LogP contribution in [0.15, 0.2) is 12.2 Å². The van der Waals surface area contributed by atoms with Crippen molar-refractivity contribution in [3.8, 4) is 0 Å². The number of hydrogen-bond donors (Lipinski definition) is 2. The third-order valence-electron chi connectivity index (χ3n) is 10.7. The summed E-state index contributed by atoms with van der Waals surface area (Å²) in [4.78, 5) is 29.2. The molecule has 0 aromatic rings. The van der Waals surface area contributed by atoms with Gasteiger partial charge in [0.2, 0.25) is 17.5 Å². The molecule has 8 nitrogen and oxygen atoms in total. The van der Waals surface area contributed by atoms with Crippen LogP contribution in [0.25, 0.3) is 0 Å². The molecule has 2 bridgehead atoms. The summed E-state index contributed by atoms with van der Waals surface area (Å²) in [6.07, 6.45) is 7.63. The van der Waals surface area contributed by atoms with Crippen LogP contribution >= 0.6 is 0 Å². The fourth-order valence-electron chi connectivity index (χ4n) is 9.54. The molecule has 2 saturated carbocycles. The van der Waals surface area contributed by atoms with E-state index < -0.39 is 28.1 Å². The molecule has 8 aliphatic rings. The van der Waals surface area contributed by atoms with Crippen molar-refractivity contribution in [1.29, 1.82) is 0 Å². The highest BCUT2D eigenvalue weighted by Gasteiger charge is 2.80. The van der Waals surface area contributed by atoms with E-state index in [2.05, 4.69) is 11.4 Å². The monoisotopic (exact) mass is 469 g/mol. The Balaban J connectivity index is 1.38. The lowest BCUT2D eigenvalue weighted by molar-refractivity contribution is -0.517. The number of piperazine rings is 1. The third kappa shape index (κ3) is 2.14. The van der Waals surface area contributed by atoms with E-state index in [0.29, 0.717) is 31.5 Å². The number of fused-ring (bicyclic) bond motifs is 6. The van der Waals surface area contributed by atoms with Crippen molar-refractivity contribution in [2.45, 2.75) is 101 Å². The first-order valence-corrected chi connectivity index (χ1v) is 13.0. The Kier molecular flexibility index (Phi) is 3.70. The van der Waals surface area contributed by atoms with Crippen LogP contribution in [0.1, 0.15) is 66.2 Å². The lowest BCUT2D eigenvalue weighted by atomic mass is 9.46. The molecule has 8 heteroatoms. The molecule has 0 radical (unpaired) electrons. The lowest BCUT2D eigenvalue weighted by Crippen LogP contribution is -2.86. The molecule has 184 valence electrons. The molecular formula is C26H35N3O5.